The van der Waals surface area contributed by atoms with Gasteiger partial charge in [-0.15, -0.1) is 5.10 Å². The number of amides is 1. The summed E-state index contributed by atoms with van der Waals surface area (Å²) in [4.78, 5) is 24.1. The van der Waals surface area contributed by atoms with E-state index in [9.17, 15) is 9.59 Å². The van der Waals surface area contributed by atoms with Gasteiger partial charge in [-0.25, -0.2) is 9.89 Å². The zero-order chi connectivity index (χ0) is 16.5. The van der Waals surface area contributed by atoms with Crippen LogP contribution in [0.1, 0.15) is 48.9 Å². The minimum absolute atomic E-state index is 0.0144. The first-order valence-corrected chi connectivity index (χ1v) is 9.38. The molecule has 0 bridgehead atoms. The smallest absolute Gasteiger partial charge is 0.344 e. The third kappa shape index (κ3) is 3.13. The number of carbonyl (C=O) groups is 1. The van der Waals surface area contributed by atoms with Gasteiger partial charge in [0, 0.05) is 6.04 Å². The van der Waals surface area contributed by atoms with Gasteiger partial charge in [-0.1, -0.05) is 36.0 Å². The van der Waals surface area contributed by atoms with Gasteiger partial charge in [0.15, 0.2) is 5.16 Å². The predicted molar refractivity (Wildman–Crippen MR) is 92.1 cm³/mol. The molecule has 1 heterocycles. The molecule has 24 heavy (non-hydrogen) atoms. The van der Waals surface area contributed by atoms with Gasteiger partial charge in [-0.3, -0.25) is 9.36 Å². The molecule has 1 amide bonds. The topological polar surface area (TPSA) is 79.8 Å². The molecular weight excluding hydrogens is 324 g/mol. The Morgan fingerprint density at radius 1 is 1.33 bits per heavy atom. The maximum Gasteiger partial charge on any atom is 0.344 e. The predicted octanol–water partition coefficient (Wildman–Crippen LogP) is 2.19. The summed E-state index contributed by atoms with van der Waals surface area (Å²) < 4.78 is 1.67. The van der Waals surface area contributed by atoms with Gasteiger partial charge in [0.2, 0.25) is 5.91 Å². The van der Waals surface area contributed by atoms with Gasteiger partial charge < -0.3 is 5.32 Å². The van der Waals surface area contributed by atoms with Crippen LogP contribution in [0.15, 0.2) is 34.2 Å². The van der Waals surface area contributed by atoms with E-state index in [0.717, 1.165) is 32.1 Å². The number of nitrogens with one attached hydrogen (secondary N) is 2. The molecule has 1 saturated carbocycles. The number of aromatic amines is 1. The average molecular weight is 344 g/mol. The summed E-state index contributed by atoms with van der Waals surface area (Å²) in [5.41, 5.74) is 2.38. The average Bonchev–Trinajstić information content (AvgIpc) is 3.36. The third-order valence-electron chi connectivity index (χ3n) is 4.62. The molecule has 4 rings (SSSR count). The van der Waals surface area contributed by atoms with Crippen molar-refractivity contribution in [1.82, 2.24) is 20.1 Å². The summed E-state index contributed by atoms with van der Waals surface area (Å²) in [6.07, 6.45) is 5.17. The molecule has 1 atom stereocenters. The Kier molecular flexibility index (Phi) is 4.18. The van der Waals surface area contributed by atoms with Crippen molar-refractivity contribution in [3.05, 3.63) is 45.9 Å². The van der Waals surface area contributed by atoms with Crippen molar-refractivity contribution in [1.29, 1.82) is 0 Å². The zero-order valence-corrected chi connectivity index (χ0v) is 14.1. The Bertz CT molecular complexity index is 809. The van der Waals surface area contributed by atoms with Crippen molar-refractivity contribution in [2.75, 3.05) is 5.75 Å². The van der Waals surface area contributed by atoms with Crippen LogP contribution in [0.2, 0.25) is 0 Å². The number of aryl methyl sites for hydroxylation is 1. The molecule has 2 aliphatic carbocycles. The van der Waals surface area contributed by atoms with Gasteiger partial charge >= 0.3 is 5.69 Å². The third-order valence-corrected chi connectivity index (χ3v) is 5.57. The molecule has 1 aromatic heterocycles. The first-order valence-electron chi connectivity index (χ1n) is 8.39. The second-order valence-electron chi connectivity index (χ2n) is 6.41. The minimum Gasteiger partial charge on any atom is -0.349 e. The fourth-order valence-electron chi connectivity index (χ4n) is 3.32. The van der Waals surface area contributed by atoms with Crippen LogP contribution in [0.5, 0.6) is 0 Å². The number of hydrogen-bond acceptors (Lipinski definition) is 4. The highest BCUT2D eigenvalue weighted by Gasteiger charge is 2.29. The molecule has 1 aromatic carbocycles. The molecule has 0 spiro atoms. The van der Waals surface area contributed by atoms with Gasteiger partial charge in [0.1, 0.15) is 0 Å². The van der Waals surface area contributed by atoms with E-state index in [1.807, 2.05) is 12.1 Å². The maximum atomic E-state index is 12.3. The minimum atomic E-state index is -0.179. The van der Waals surface area contributed by atoms with Crippen molar-refractivity contribution >= 4 is 17.7 Å². The van der Waals surface area contributed by atoms with Crippen molar-refractivity contribution in [2.45, 2.75) is 49.3 Å². The molecule has 0 aliphatic heterocycles. The van der Waals surface area contributed by atoms with Crippen molar-refractivity contribution in [3.8, 4) is 0 Å². The summed E-state index contributed by atoms with van der Waals surface area (Å²) in [5, 5.41) is 10.3. The Morgan fingerprint density at radius 3 is 3.00 bits per heavy atom. The van der Waals surface area contributed by atoms with Crippen molar-refractivity contribution < 1.29 is 4.79 Å². The van der Waals surface area contributed by atoms with E-state index in [1.54, 1.807) is 4.57 Å². The van der Waals surface area contributed by atoms with E-state index in [0.29, 0.717) is 5.16 Å². The van der Waals surface area contributed by atoms with Gasteiger partial charge in [0.25, 0.3) is 0 Å². The standard InChI is InChI=1S/C17H20N4O2S/c22-15(10-24-17-20-19-16(23)21(17)12-8-9-12)18-14-7-3-5-11-4-1-2-6-13(11)14/h1-2,4,6,12,14H,3,5,7-10H2,(H,18,22)(H,19,23)/t14-/m1/s1. The lowest BCUT2D eigenvalue weighted by molar-refractivity contribution is -0.119. The number of H-pyrrole nitrogens is 1. The van der Waals surface area contributed by atoms with Crippen LogP contribution < -0.4 is 11.0 Å². The van der Waals surface area contributed by atoms with E-state index in [-0.39, 0.29) is 29.4 Å². The lowest BCUT2D eigenvalue weighted by Crippen LogP contribution is -2.32. The Balaban J connectivity index is 1.39. The number of hydrogen-bond donors (Lipinski definition) is 2. The first-order chi connectivity index (χ1) is 11.7. The van der Waals surface area contributed by atoms with Crippen molar-refractivity contribution in [3.63, 3.8) is 0 Å². The van der Waals surface area contributed by atoms with Crippen LogP contribution in [0.4, 0.5) is 0 Å². The molecule has 126 valence electrons. The Hall–Kier alpha value is -2.02. The Morgan fingerprint density at radius 2 is 2.17 bits per heavy atom. The number of aromatic nitrogens is 3. The molecule has 1 fully saturated rings. The van der Waals surface area contributed by atoms with Crippen LogP contribution in [0.25, 0.3) is 0 Å². The molecule has 6 nitrogen and oxygen atoms in total. The summed E-state index contributed by atoms with van der Waals surface area (Å²) in [7, 11) is 0. The van der Waals surface area contributed by atoms with Crippen molar-refractivity contribution in [2.24, 2.45) is 0 Å². The highest BCUT2D eigenvalue weighted by atomic mass is 32.2. The largest absolute Gasteiger partial charge is 0.349 e. The maximum absolute atomic E-state index is 12.3. The molecule has 2 aliphatic rings. The fourth-order valence-corrected chi connectivity index (χ4v) is 4.14. The quantitative estimate of drug-likeness (QED) is 0.815. The summed E-state index contributed by atoms with van der Waals surface area (Å²) in [5.74, 6) is 0.259. The summed E-state index contributed by atoms with van der Waals surface area (Å²) in [6.45, 7) is 0. The van der Waals surface area contributed by atoms with E-state index in [1.165, 1.54) is 22.9 Å². The lowest BCUT2D eigenvalue weighted by Gasteiger charge is -2.26. The normalized spacial score (nSPS) is 19.8. The highest BCUT2D eigenvalue weighted by molar-refractivity contribution is 7.99. The highest BCUT2D eigenvalue weighted by Crippen LogP contribution is 2.36. The van der Waals surface area contributed by atoms with E-state index in [2.05, 4.69) is 27.6 Å². The molecule has 0 unspecified atom stereocenters. The fraction of sp³-hybridized carbons (Fsp3) is 0.471. The van der Waals surface area contributed by atoms with E-state index >= 15 is 0 Å². The van der Waals surface area contributed by atoms with Crippen LogP contribution >= 0.6 is 11.8 Å². The van der Waals surface area contributed by atoms with Crippen LogP contribution in [-0.4, -0.2) is 26.4 Å². The zero-order valence-electron chi connectivity index (χ0n) is 13.3. The number of rotatable bonds is 5. The second-order valence-corrected chi connectivity index (χ2v) is 7.35. The first kappa shape index (κ1) is 15.5. The van der Waals surface area contributed by atoms with E-state index < -0.39 is 0 Å². The number of benzene rings is 1. The SMILES string of the molecule is O=C(CSc1n[nH]c(=O)n1C1CC1)N[C@@H]1CCCc2ccccc21. The molecule has 2 aromatic rings. The second kappa shape index (κ2) is 6.47. The van der Waals surface area contributed by atoms with Crippen LogP contribution in [0.3, 0.4) is 0 Å². The molecule has 2 N–H and O–H groups in total. The monoisotopic (exact) mass is 344 g/mol. The molecule has 0 saturated heterocycles. The van der Waals surface area contributed by atoms with Gasteiger partial charge in [-0.05, 0) is 43.2 Å². The number of fused-ring (bicyclic) bond motifs is 1. The summed E-state index contributed by atoms with van der Waals surface area (Å²) in [6, 6.07) is 8.66. The van der Waals surface area contributed by atoms with Gasteiger partial charge in [0.05, 0.1) is 11.8 Å². The van der Waals surface area contributed by atoms with Crippen LogP contribution in [-0.2, 0) is 11.2 Å². The molecule has 0 radical (unpaired) electrons. The van der Waals surface area contributed by atoms with Crippen LogP contribution in [0, 0.1) is 0 Å². The Labute approximate surface area is 144 Å². The number of carbonyl (C=O) groups excluding carboxylic acids is 1. The van der Waals surface area contributed by atoms with Gasteiger partial charge in [-0.2, -0.15) is 0 Å². The molecule has 7 heteroatoms. The van der Waals surface area contributed by atoms with E-state index in [4.69, 9.17) is 0 Å². The molecular formula is C17H20N4O2S. The number of thioether (sulfide) groups is 1. The lowest BCUT2D eigenvalue weighted by atomic mass is 9.88. The number of nitrogens with zero attached hydrogens (tertiary/aromatic N) is 2. The summed E-state index contributed by atoms with van der Waals surface area (Å²) >= 11 is 1.32.